The third kappa shape index (κ3) is 2.89. The van der Waals surface area contributed by atoms with Gasteiger partial charge in [0, 0.05) is 24.1 Å². The molecule has 5 nitrogen and oxygen atoms in total. The molecule has 1 aliphatic heterocycles. The normalized spacial score (nSPS) is 16.2. The van der Waals surface area contributed by atoms with Crippen LogP contribution in [0.2, 0.25) is 0 Å². The van der Waals surface area contributed by atoms with Crippen LogP contribution in [-0.4, -0.2) is 19.7 Å². The highest BCUT2D eigenvalue weighted by molar-refractivity contribution is 5.36. The number of rotatable bonds is 3. The van der Waals surface area contributed by atoms with Crippen molar-refractivity contribution in [1.29, 1.82) is 0 Å². The standard InChI is InChI=1S/C20H24N4O/c1-14(19-21-11-18(25-19)20(2,3)4)23-12-15-10-22-24(17(15)13-23)16-8-6-5-7-9-16/h5-11,14H,12-13H2,1-4H3. The molecule has 1 aromatic carbocycles. The predicted octanol–water partition coefficient (Wildman–Crippen LogP) is 4.23. The van der Waals surface area contributed by atoms with Gasteiger partial charge in [-0.05, 0) is 19.1 Å². The van der Waals surface area contributed by atoms with Gasteiger partial charge >= 0.3 is 0 Å². The molecule has 1 aliphatic rings. The molecule has 4 rings (SSSR count). The summed E-state index contributed by atoms with van der Waals surface area (Å²) in [6.07, 6.45) is 3.84. The van der Waals surface area contributed by atoms with Crippen LogP contribution in [0, 0.1) is 0 Å². The summed E-state index contributed by atoms with van der Waals surface area (Å²) in [4.78, 5) is 6.90. The third-order valence-corrected chi connectivity index (χ3v) is 4.85. The Morgan fingerprint density at radius 3 is 2.52 bits per heavy atom. The number of hydrogen-bond donors (Lipinski definition) is 0. The number of fused-ring (bicyclic) bond motifs is 1. The SMILES string of the molecule is CC(c1ncc(C(C)(C)C)o1)N1Cc2cnn(-c3ccccc3)c2C1. The summed E-state index contributed by atoms with van der Waals surface area (Å²) < 4.78 is 8.08. The quantitative estimate of drug-likeness (QED) is 0.718. The van der Waals surface area contributed by atoms with Gasteiger partial charge in [0.2, 0.25) is 5.89 Å². The summed E-state index contributed by atoms with van der Waals surface area (Å²) in [5.74, 6) is 1.72. The van der Waals surface area contributed by atoms with E-state index in [2.05, 4.69) is 54.8 Å². The lowest BCUT2D eigenvalue weighted by molar-refractivity contribution is 0.177. The van der Waals surface area contributed by atoms with Gasteiger partial charge in [0.25, 0.3) is 0 Å². The molecule has 3 aromatic rings. The molecule has 1 atom stereocenters. The lowest BCUT2D eigenvalue weighted by atomic mass is 9.94. The number of benzene rings is 1. The van der Waals surface area contributed by atoms with Crippen molar-refractivity contribution in [3.05, 3.63) is 65.6 Å². The molecule has 0 amide bonds. The Morgan fingerprint density at radius 2 is 1.84 bits per heavy atom. The topological polar surface area (TPSA) is 47.1 Å². The van der Waals surface area contributed by atoms with Gasteiger partial charge in [-0.3, -0.25) is 4.90 Å². The minimum atomic E-state index is -0.0211. The lowest BCUT2D eigenvalue weighted by Crippen LogP contribution is -2.22. The summed E-state index contributed by atoms with van der Waals surface area (Å²) in [5, 5.41) is 4.56. The van der Waals surface area contributed by atoms with Gasteiger partial charge in [0.15, 0.2) is 0 Å². The molecule has 0 spiro atoms. The first-order chi connectivity index (χ1) is 11.9. The van der Waals surface area contributed by atoms with Gasteiger partial charge in [0.05, 0.1) is 29.8 Å². The van der Waals surface area contributed by atoms with E-state index in [1.54, 1.807) is 0 Å². The van der Waals surface area contributed by atoms with Crippen molar-refractivity contribution in [3.8, 4) is 5.69 Å². The summed E-state index contributed by atoms with van der Waals surface area (Å²) >= 11 is 0. The molecule has 5 heteroatoms. The summed E-state index contributed by atoms with van der Waals surface area (Å²) in [7, 11) is 0. The van der Waals surface area contributed by atoms with Crippen LogP contribution in [0.1, 0.15) is 56.6 Å². The molecule has 0 bridgehead atoms. The van der Waals surface area contributed by atoms with Crippen molar-refractivity contribution in [2.24, 2.45) is 0 Å². The second kappa shape index (κ2) is 5.85. The fourth-order valence-corrected chi connectivity index (χ4v) is 3.22. The zero-order valence-corrected chi connectivity index (χ0v) is 15.2. The molecule has 2 aromatic heterocycles. The number of aromatic nitrogens is 3. The zero-order valence-electron chi connectivity index (χ0n) is 15.2. The maximum atomic E-state index is 6.04. The predicted molar refractivity (Wildman–Crippen MR) is 96.4 cm³/mol. The molecule has 1 unspecified atom stereocenters. The van der Waals surface area contributed by atoms with Crippen molar-refractivity contribution in [2.45, 2.75) is 52.2 Å². The summed E-state index contributed by atoms with van der Waals surface area (Å²) in [6, 6.07) is 10.4. The van der Waals surface area contributed by atoms with E-state index in [4.69, 9.17) is 4.42 Å². The molecule has 0 aliphatic carbocycles. The minimum Gasteiger partial charge on any atom is -0.443 e. The highest BCUT2D eigenvalue weighted by Gasteiger charge is 2.31. The van der Waals surface area contributed by atoms with E-state index in [9.17, 15) is 0 Å². The molecule has 0 saturated carbocycles. The third-order valence-electron chi connectivity index (χ3n) is 4.85. The second-order valence-electron chi connectivity index (χ2n) is 7.76. The molecule has 0 N–H and O–H groups in total. The lowest BCUT2D eigenvalue weighted by Gasteiger charge is -2.21. The Balaban J connectivity index is 1.56. The van der Waals surface area contributed by atoms with E-state index in [-0.39, 0.29) is 11.5 Å². The highest BCUT2D eigenvalue weighted by Crippen LogP contribution is 2.33. The summed E-state index contributed by atoms with van der Waals surface area (Å²) in [6.45, 7) is 10.3. The minimum absolute atomic E-state index is 0.0211. The van der Waals surface area contributed by atoms with E-state index in [1.807, 2.05) is 35.3 Å². The van der Waals surface area contributed by atoms with Crippen LogP contribution in [-0.2, 0) is 18.5 Å². The first kappa shape index (κ1) is 16.1. The maximum Gasteiger partial charge on any atom is 0.211 e. The monoisotopic (exact) mass is 336 g/mol. The van der Waals surface area contributed by atoms with Crippen LogP contribution in [0.5, 0.6) is 0 Å². The zero-order chi connectivity index (χ0) is 17.6. The van der Waals surface area contributed by atoms with Crippen molar-refractivity contribution in [1.82, 2.24) is 19.7 Å². The van der Waals surface area contributed by atoms with Crippen molar-refractivity contribution < 1.29 is 4.42 Å². The maximum absolute atomic E-state index is 6.04. The van der Waals surface area contributed by atoms with Gasteiger partial charge < -0.3 is 4.42 Å². The second-order valence-corrected chi connectivity index (χ2v) is 7.76. The Bertz CT molecular complexity index is 873. The van der Waals surface area contributed by atoms with E-state index < -0.39 is 0 Å². The average Bonchev–Trinajstić information content (AvgIpc) is 3.29. The van der Waals surface area contributed by atoms with Crippen LogP contribution in [0.4, 0.5) is 0 Å². The van der Waals surface area contributed by atoms with Crippen LogP contribution in [0.15, 0.2) is 47.1 Å². The van der Waals surface area contributed by atoms with Crippen LogP contribution in [0.3, 0.4) is 0 Å². The number of oxazole rings is 1. The van der Waals surface area contributed by atoms with Gasteiger partial charge in [-0.15, -0.1) is 0 Å². The number of nitrogens with zero attached hydrogens (tertiary/aromatic N) is 4. The van der Waals surface area contributed by atoms with Gasteiger partial charge in [-0.2, -0.15) is 5.10 Å². The number of hydrogen-bond acceptors (Lipinski definition) is 4. The Hall–Kier alpha value is -2.40. The fourth-order valence-electron chi connectivity index (χ4n) is 3.22. The largest absolute Gasteiger partial charge is 0.443 e. The Morgan fingerprint density at radius 1 is 1.08 bits per heavy atom. The Labute approximate surface area is 148 Å². The smallest absolute Gasteiger partial charge is 0.211 e. The van der Waals surface area contributed by atoms with Gasteiger partial charge in [0.1, 0.15) is 5.76 Å². The summed E-state index contributed by atoms with van der Waals surface area (Å²) in [5.41, 5.74) is 3.61. The van der Waals surface area contributed by atoms with Gasteiger partial charge in [-0.1, -0.05) is 39.0 Å². The van der Waals surface area contributed by atoms with Crippen LogP contribution in [0.25, 0.3) is 5.69 Å². The molecular formula is C20H24N4O. The van der Waals surface area contributed by atoms with E-state index >= 15 is 0 Å². The first-order valence-corrected chi connectivity index (χ1v) is 8.75. The van der Waals surface area contributed by atoms with Crippen LogP contribution < -0.4 is 0 Å². The first-order valence-electron chi connectivity index (χ1n) is 8.75. The highest BCUT2D eigenvalue weighted by atomic mass is 16.4. The molecule has 0 radical (unpaired) electrons. The van der Waals surface area contributed by atoms with E-state index in [0.29, 0.717) is 0 Å². The molecule has 130 valence electrons. The van der Waals surface area contributed by atoms with Crippen LogP contribution >= 0.6 is 0 Å². The Kier molecular flexibility index (Phi) is 3.76. The van der Waals surface area contributed by atoms with E-state index in [1.165, 1.54) is 11.3 Å². The molecule has 0 saturated heterocycles. The molecular weight excluding hydrogens is 312 g/mol. The fraction of sp³-hybridized carbons (Fsp3) is 0.400. The van der Waals surface area contributed by atoms with E-state index in [0.717, 1.165) is 30.4 Å². The van der Waals surface area contributed by atoms with Crippen molar-refractivity contribution in [2.75, 3.05) is 0 Å². The average molecular weight is 336 g/mol. The van der Waals surface area contributed by atoms with Crippen molar-refractivity contribution >= 4 is 0 Å². The van der Waals surface area contributed by atoms with Crippen molar-refractivity contribution in [3.63, 3.8) is 0 Å². The van der Waals surface area contributed by atoms with Gasteiger partial charge in [-0.25, -0.2) is 9.67 Å². The molecule has 3 heterocycles. The number of para-hydroxylation sites is 1. The molecule has 0 fully saturated rings. The molecule has 25 heavy (non-hydrogen) atoms.